The van der Waals surface area contributed by atoms with Crippen molar-refractivity contribution in [3.05, 3.63) is 52.6 Å². The molecule has 0 bridgehead atoms. The second kappa shape index (κ2) is 15.4. The quantitative estimate of drug-likeness (QED) is 0.290. The molecule has 1 heterocycles. The molecule has 3 nitrogen and oxygen atoms in total. The van der Waals surface area contributed by atoms with E-state index in [2.05, 4.69) is 41.5 Å². The number of fused-ring (bicyclic) bond motifs is 1. The summed E-state index contributed by atoms with van der Waals surface area (Å²) in [5.41, 5.74) is 4.23. The number of rotatable bonds is 12. The fraction of sp³-hybridized carbons (Fsp3) is 0.657. The highest BCUT2D eigenvalue weighted by atomic mass is 16.5. The van der Waals surface area contributed by atoms with Crippen LogP contribution in [-0.4, -0.2) is 15.8 Å². The predicted octanol–water partition coefficient (Wildman–Crippen LogP) is 10.2. The number of para-hydroxylation sites is 1. The Bertz CT molecular complexity index is 965. The number of hydrogen-bond acceptors (Lipinski definition) is 3. The van der Waals surface area contributed by atoms with E-state index in [-0.39, 0.29) is 5.60 Å². The Hall–Kier alpha value is -2.16. The maximum absolute atomic E-state index is 10.4. The monoisotopic (exact) mass is 524 g/mol. The molecule has 1 aliphatic rings. The van der Waals surface area contributed by atoms with Gasteiger partial charge in [0.25, 0.3) is 0 Å². The number of phenols is 2. The maximum atomic E-state index is 10.4. The smallest absolute Gasteiger partial charge is 0.127 e. The fourth-order valence-corrected chi connectivity index (χ4v) is 5.70. The summed E-state index contributed by atoms with van der Waals surface area (Å²) >= 11 is 0. The molecule has 0 fully saturated rings. The minimum atomic E-state index is -0.0712. The molecule has 2 aromatic rings. The van der Waals surface area contributed by atoms with Gasteiger partial charge in [0.05, 0.1) is 0 Å². The van der Waals surface area contributed by atoms with Gasteiger partial charge in [0.2, 0.25) is 0 Å². The van der Waals surface area contributed by atoms with Crippen LogP contribution in [0.3, 0.4) is 0 Å². The molecular formula is C35H56O3. The van der Waals surface area contributed by atoms with Gasteiger partial charge in [-0.05, 0) is 100.0 Å². The van der Waals surface area contributed by atoms with Gasteiger partial charge in [0.15, 0.2) is 0 Å². The zero-order valence-electron chi connectivity index (χ0n) is 25.7. The van der Waals surface area contributed by atoms with Crippen molar-refractivity contribution in [2.24, 2.45) is 17.8 Å². The molecular weight excluding hydrogens is 468 g/mol. The topological polar surface area (TPSA) is 49.7 Å². The van der Waals surface area contributed by atoms with Crippen LogP contribution < -0.4 is 4.74 Å². The molecule has 214 valence electrons. The summed E-state index contributed by atoms with van der Waals surface area (Å²) in [5, 5.41) is 19.0. The normalized spacial score (nSPS) is 18.2. The van der Waals surface area contributed by atoms with Gasteiger partial charge in [-0.1, -0.05) is 90.8 Å². The van der Waals surface area contributed by atoms with Gasteiger partial charge < -0.3 is 14.9 Å². The Labute approximate surface area is 234 Å². The first-order valence-corrected chi connectivity index (χ1v) is 15.2. The number of hydrogen-bond donors (Lipinski definition) is 2. The third-order valence-electron chi connectivity index (χ3n) is 8.62. The first-order chi connectivity index (χ1) is 17.9. The van der Waals surface area contributed by atoms with Crippen molar-refractivity contribution in [1.29, 1.82) is 0 Å². The molecule has 3 atom stereocenters. The highest BCUT2D eigenvalue weighted by Gasteiger charge is 2.34. The number of benzene rings is 2. The second-order valence-electron chi connectivity index (χ2n) is 12.8. The summed E-state index contributed by atoms with van der Waals surface area (Å²) in [6, 6.07) is 8.71. The highest BCUT2D eigenvalue weighted by molar-refractivity contribution is 5.58. The minimum Gasteiger partial charge on any atom is -0.508 e. The zero-order chi connectivity index (χ0) is 28.3. The highest BCUT2D eigenvalue weighted by Crippen LogP contribution is 2.44. The van der Waals surface area contributed by atoms with E-state index >= 15 is 0 Å². The van der Waals surface area contributed by atoms with Gasteiger partial charge in [-0.25, -0.2) is 0 Å². The summed E-state index contributed by atoms with van der Waals surface area (Å²) in [6.07, 6.45) is 14.1. The van der Waals surface area contributed by atoms with Crippen molar-refractivity contribution < 1.29 is 14.9 Å². The molecule has 1 aliphatic heterocycles. The van der Waals surface area contributed by atoms with Gasteiger partial charge >= 0.3 is 0 Å². The Morgan fingerprint density at radius 3 is 1.84 bits per heavy atom. The Kier molecular flexibility index (Phi) is 13.0. The maximum Gasteiger partial charge on any atom is 0.127 e. The lowest BCUT2D eigenvalue weighted by Crippen LogP contribution is -2.37. The molecule has 3 heteroatoms. The van der Waals surface area contributed by atoms with E-state index in [1.165, 1.54) is 56.9 Å². The summed E-state index contributed by atoms with van der Waals surface area (Å²) in [4.78, 5) is 0. The standard InChI is InChI=1S/C29H50O2.C6H6O/c1-20(2)12-9-13-21(3)14-10-15-22(4)16-11-18-29(8)19-17-26-25(7)27(30)23(5)24(6)28(26)31-29;7-6-4-2-1-3-5-6/h20-22,30H,9-19H2,1-8H3;1-5,7H/t21-,22?,29-;/m0./s1. The van der Waals surface area contributed by atoms with Crippen LogP contribution in [0.2, 0.25) is 0 Å². The summed E-state index contributed by atoms with van der Waals surface area (Å²) in [5.74, 6) is 4.36. The Morgan fingerprint density at radius 1 is 0.763 bits per heavy atom. The Morgan fingerprint density at radius 2 is 1.32 bits per heavy atom. The molecule has 3 rings (SSSR count). The molecule has 2 N–H and O–H groups in total. The first kappa shape index (κ1) is 32.1. The minimum absolute atomic E-state index is 0.0712. The van der Waals surface area contributed by atoms with Gasteiger partial charge in [0.1, 0.15) is 22.8 Å². The van der Waals surface area contributed by atoms with E-state index < -0.39 is 0 Å². The molecule has 0 aromatic heterocycles. The predicted molar refractivity (Wildman–Crippen MR) is 162 cm³/mol. The summed E-state index contributed by atoms with van der Waals surface area (Å²) in [6.45, 7) is 17.9. The molecule has 2 aromatic carbocycles. The van der Waals surface area contributed by atoms with Gasteiger partial charge in [-0.2, -0.15) is 0 Å². The number of aromatic hydroxyl groups is 2. The lowest BCUT2D eigenvalue weighted by atomic mass is 9.84. The fourth-order valence-electron chi connectivity index (χ4n) is 5.70. The van der Waals surface area contributed by atoms with Crippen molar-refractivity contribution >= 4 is 0 Å². The summed E-state index contributed by atoms with van der Waals surface area (Å²) in [7, 11) is 0. The molecule has 38 heavy (non-hydrogen) atoms. The van der Waals surface area contributed by atoms with E-state index in [1.54, 1.807) is 24.3 Å². The van der Waals surface area contributed by atoms with Crippen LogP contribution in [-0.2, 0) is 6.42 Å². The largest absolute Gasteiger partial charge is 0.508 e. The van der Waals surface area contributed by atoms with Gasteiger partial charge in [-0.15, -0.1) is 0 Å². The number of phenolic OH excluding ortho intramolecular Hbond substituents is 2. The van der Waals surface area contributed by atoms with Crippen molar-refractivity contribution in [2.75, 3.05) is 0 Å². The lowest BCUT2D eigenvalue weighted by Gasteiger charge is -2.38. The number of ether oxygens (including phenoxy) is 1. The third-order valence-corrected chi connectivity index (χ3v) is 8.62. The van der Waals surface area contributed by atoms with Crippen molar-refractivity contribution in [2.45, 2.75) is 132 Å². The summed E-state index contributed by atoms with van der Waals surface area (Å²) < 4.78 is 6.60. The van der Waals surface area contributed by atoms with E-state index in [4.69, 9.17) is 9.84 Å². The average molecular weight is 525 g/mol. The molecule has 0 saturated heterocycles. The van der Waals surface area contributed by atoms with Crippen LogP contribution in [0.1, 0.15) is 121 Å². The SMILES string of the molecule is Cc1c(C)c2c(c(C)c1O)CC[C@](C)(CCCC(C)CCC[C@@H](C)CCCC(C)C)O2.Oc1ccccc1. The Balaban J connectivity index is 0.000000624. The third kappa shape index (κ3) is 10.2. The van der Waals surface area contributed by atoms with Crippen LogP contribution >= 0.6 is 0 Å². The molecule has 0 amide bonds. The van der Waals surface area contributed by atoms with E-state index in [0.29, 0.717) is 11.5 Å². The van der Waals surface area contributed by atoms with Crippen LogP contribution in [0.25, 0.3) is 0 Å². The average Bonchev–Trinajstić information content (AvgIpc) is 2.86. The van der Waals surface area contributed by atoms with Crippen LogP contribution in [0.4, 0.5) is 0 Å². The van der Waals surface area contributed by atoms with E-state index in [9.17, 15) is 5.11 Å². The van der Waals surface area contributed by atoms with Crippen molar-refractivity contribution in [3.63, 3.8) is 0 Å². The lowest BCUT2D eigenvalue weighted by molar-refractivity contribution is 0.0512. The molecule has 0 spiro atoms. The molecule has 1 unspecified atom stereocenters. The molecule has 0 radical (unpaired) electrons. The van der Waals surface area contributed by atoms with Crippen LogP contribution in [0.15, 0.2) is 30.3 Å². The van der Waals surface area contributed by atoms with Crippen molar-refractivity contribution in [1.82, 2.24) is 0 Å². The first-order valence-electron chi connectivity index (χ1n) is 15.2. The van der Waals surface area contributed by atoms with E-state index in [1.807, 2.05) is 19.9 Å². The van der Waals surface area contributed by atoms with Crippen LogP contribution in [0.5, 0.6) is 17.2 Å². The second-order valence-corrected chi connectivity index (χ2v) is 12.8. The van der Waals surface area contributed by atoms with Crippen LogP contribution in [0, 0.1) is 38.5 Å². The molecule has 0 saturated carbocycles. The molecule has 0 aliphatic carbocycles. The zero-order valence-corrected chi connectivity index (χ0v) is 25.7. The van der Waals surface area contributed by atoms with E-state index in [0.717, 1.165) is 59.5 Å². The van der Waals surface area contributed by atoms with Gasteiger partial charge in [-0.3, -0.25) is 0 Å². The van der Waals surface area contributed by atoms with Crippen molar-refractivity contribution in [3.8, 4) is 17.2 Å². The van der Waals surface area contributed by atoms with Gasteiger partial charge in [0, 0.05) is 5.56 Å².